The van der Waals surface area contributed by atoms with Gasteiger partial charge < -0.3 is 10.8 Å². The zero-order valence-electron chi connectivity index (χ0n) is 10.3. The lowest BCUT2D eigenvalue weighted by atomic mass is 10.1. The second kappa shape index (κ2) is 6.93. The van der Waals surface area contributed by atoms with E-state index in [1.165, 1.54) is 0 Å². The van der Waals surface area contributed by atoms with Crippen molar-refractivity contribution >= 4 is 33.5 Å². The van der Waals surface area contributed by atoms with Crippen LogP contribution in [0.15, 0.2) is 52.0 Å². The van der Waals surface area contributed by atoms with E-state index in [-0.39, 0.29) is 0 Å². The van der Waals surface area contributed by atoms with Gasteiger partial charge in [0.15, 0.2) is 0 Å². The van der Waals surface area contributed by atoms with Crippen molar-refractivity contribution in [2.24, 2.45) is 0 Å². The Balaban J connectivity index is 1.86. The van der Waals surface area contributed by atoms with Gasteiger partial charge in [-0.1, -0.05) is 22.0 Å². The van der Waals surface area contributed by atoms with Crippen LogP contribution in [0.2, 0.25) is 0 Å². The number of hydrogen-bond acceptors (Lipinski definition) is 4. The summed E-state index contributed by atoms with van der Waals surface area (Å²) in [5, 5.41) is 10.0. The van der Waals surface area contributed by atoms with Crippen LogP contribution in [0.3, 0.4) is 0 Å². The van der Waals surface area contributed by atoms with Gasteiger partial charge in [0.1, 0.15) is 5.82 Å². The lowest BCUT2D eigenvalue weighted by molar-refractivity contribution is 0.200. The van der Waals surface area contributed by atoms with Crippen LogP contribution in [0.4, 0.5) is 5.82 Å². The third kappa shape index (κ3) is 4.86. The number of nitrogen functional groups attached to an aromatic ring is 1. The van der Waals surface area contributed by atoms with E-state index in [0.29, 0.717) is 18.0 Å². The number of hydrogen-bond donors (Lipinski definition) is 2. The first kappa shape index (κ1) is 14.4. The van der Waals surface area contributed by atoms with Crippen molar-refractivity contribution in [2.45, 2.75) is 17.4 Å². The molecule has 2 rings (SSSR count). The molecule has 0 saturated carbocycles. The summed E-state index contributed by atoms with van der Waals surface area (Å²) in [7, 11) is 0. The molecule has 1 aromatic heterocycles. The van der Waals surface area contributed by atoms with Crippen molar-refractivity contribution in [3.8, 4) is 0 Å². The van der Waals surface area contributed by atoms with Gasteiger partial charge in [-0.25, -0.2) is 4.98 Å². The van der Waals surface area contributed by atoms with E-state index in [4.69, 9.17) is 5.73 Å². The average molecular weight is 339 g/mol. The molecule has 0 spiro atoms. The molecular formula is C14H15BrN2OS. The summed E-state index contributed by atoms with van der Waals surface area (Å²) in [6, 6.07) is 11.7. The van der Waals surface area contributed by atoms with E-state index < -0.39 is 6.10 Å². The number of benzene rings is 1. The Bertz CT molecular complexity index is 550. The van der Waals surface area contributed by atoms with Crippen LogP contribution in [0, 0.1) is 0 Å². The van der Waals surface area contributed by atoms with E-state index in [1.807, 2.05) is 30.3 Å². The molecule has 0 aliphatic heterocycles. The van der Waals surface area contributed by atoms with Crippen LogP contribution >= 0.6 is 27.7 Å². The fourth-order valence-corrected chi connectivity index (χ4v) is 3.14. The van der Waals surface area contributed by atoms with Gasteiger partial charge >= 0.3 is 0 Å². The maximum Gasteiger partial charge on any atom is 0.123 e. The molecular weight excluding hydrogens is 324 g/mol. The van der Waals surface area contributed by atoms with Crippen LogP contribution in [0.25, 0.3) is 0 Å². The highest BCUT2D eigenvalue weighted by molar-refractivity contribution is 9.10. The molecule has 1 aromatic carbocycles. The number of aromatic nitrogens is 1. The van der Waals surface area contributed by atoms with Crippen molar-refractivity contribution in [3.05, 3.63) is 52.6 Å². The van der Waals surface area contributed by atoms with Gasteiger partial charge in [-0.15, -0.1) is 11.8 Å². The van der Waals surface area contributed by atoms with Gasteiger partial charge in [-0.2, -0.15) is 0 Å². The Kier molecular flexibility index (Phi) is 5.24. The van der Waals surface area contributed by atoms with Crippen LogP contribution in [-0.4, -0.2) is 21.9 Å². The highest BCUT2D eigenvalue weighted by atomic mass is 79.9. The molecule has 1 heterocycles. The Hall–Kier alpha value is -1.04. The Morgan fingerprint density at radius 3 is 2.89 bits per heavy atom. The highest BCUT2D eigenvalue weighted by Gasteiger charge is 2.07. The summed E-state index contributed by atoms with van der Waals surface area (Å²) in [6.45, 7) is 0. The zero-order chi connectivity index (χ0) is 13.7. The van der Waals surface area contributed by atoms with Crippen LogP contribution < -0.4 is 5.73 Å². The summed E-state index contributed by atoms with van der Waals surface area (Å²) in [6.07, 6.45) is 1.86. The summed E-state index contributed by atoms with van der Waals surface area (Å²) >= 11 is 5.07. The first-order valence-electron chi connectivity index (χ1n) is 5.90. The number of halogens is 1. The number of thioether (sulfide) groups is 1. The highest BCUT2D eigenvalue weighted by Crippen LogP contribution is 2.23. The van der Waals surface area contributed by atoms with Crippen molar-refractivity contribution in [1.82, 2.24) is 4.98 Å². The topological polar surface area (TPSA) is 59.1 Å². The molecule has 19 heavy (non-hydrogen) atoms. The molecule has 0 bridgehead atoms. The van der Waals surface area contributed by atoms with E-state index in [0.717, 1.165) is 14.9 Å². The molecule has 0 radical (unpaired) electrons. The minimum atomic E-state index is -0.397. The van der Waals surface area contributed by atoms with Gasteiger partial charge in [0, 0.05) is 21.3 Å². The first-order valence-corrected chi connectivity index (χ1v) is 7.68. The zero-order valence-corrected chi connectivity index (χ0v) is 12.7. The second-order valence-corrected chi connectivity index (χ2v) is 6.22. The van der Waals surface area contributed by atoms with Crippen LogP contribution in [0.1, 0.15) is 5.56 Å². The number of nitrogens with two attached hydrogens (primary N) is 1. The molecule has 3 nitrogen and oxygen atoms in total. The fraction of sp³-hybridized carbons (Fsp3) is 0.214. The predicted molar refractivity (Wildman–Crippen MR) is 83.2 cm³/mol. The van der Waals surface area contributed by atoms with Gasteiger partial charge in [-0.3, -0.25) is 0 Å². The number of aliphatic hydroxyl groups is 1. The van der Waals surface area contributed by atoms with E-state index in [9.17, 15) is 5.11 Å². The number of anilines is 1. The number of nitrogens with zero attached hydrogens (tertiary/aromatic N) is 1. The Labute approximate surface area is 125 Å². The standard InChI is InChI=1S/C14H15BrN2OS/c15-11-2-1-3-13(8-11)19-9-12(18)6-10-4-5-17-14(16)7-10/h1-5,7-8,12,18H,6,9H2,(H2,16,17). The van der Waals surface area contributed by atoms with Crippen molar-refractivity contribution in [3.63, 3.8) is 0 Å². The third-order valence-corrected chi connectivity index (χ3v) is 4.19. The maximum atomic E-state index is 10.0. The van der Waals surface area contributed by atoms with Crippen molar-refractivity contribution in [2.75, 3.05) is 11.5 Å². The van der Waals surface area contributed by atoms with Crippen LogP contribution in [0.5, 0.6) is 0 Å². The van der Waals surface area contributed by atoms with E-state index in [1.54, 1.807) is 24.0 Å². The minimum absolute atomic E-state index is 0.397. The molecule has 2 aromatic rings. The molecule has 5 heteroatoms. The average Bonchev–Trinajstić information content (AvgIpc) is 2.36. The maximum absolute atomic E-state index is 10.0. The quantitative estimate of drug-likeness (QED) is 0.822. The van der Waals surface area contributed by atoms with Crippen molar-refractivity contribution < 1.29 is 5.11 Å². The van der Waals surface area contributed by atoms with E-state index in [2.05, 4.69) is 20.9 Å². The fourth-order valence-electron chi connectivity index (χ4n) is 1.70. The van der Waals surface area contributed by atoms with Gasteiger partial charge in [0.25, 0.3) is 0 Å². The SMILES string of the molecule is Nc1cc(CC(O)CSc2cccc(Br)c2)ccn1. The smallest absolute Gasteiger partial charge is 0.123 e. The van der Waals surface area contributed by atoms with Gasteiger partial charge in [0.05, 0.1) is 6.10 Å². The summed E-state index contributed by atoms with van der Waals surface area (Å²) < 4.78 is 1.05. The van der Waals surface area contributed by atoms with E-state index >= 15 is 0 Å². The second-order valence-electron chi connectivity index (χ2n) is 4.22. The predicted octanol–water partition coefficient (Wildman–Crippen LogP) is 3.12. The lowest BCUT2D eigenvalue weighted by Gasteiger charge is -2.10. The number of pyridine rings is 1. The molecule has 3 N–H and O–H groups in total. The van der Waals surface area contributed by atoms with Gasteiger partial charge in [-0.05, 0) is 42.3 Å². The number of aliphatic hydroxyl groups excluding tert-OH is 1. The minimum Gasteiger partial charge on any atom is -0.392 e. The molecule has 0 aliphatic rings. The lowest BCUT2D eigenvalue weighted by Crippen LogP contribution is -2.13. The molecule has 0 amide bonds. The molecule has 1 atom stereocenters. The van der Waals surface area contributed by atoms with Crippen LogP contribution in [-0.2, 0) is 6.42 Å². The Morgan fingerprint density at radius 2 is 2.16 bits per heavy atom. The Morgan fingerprint density at radius 1 is 1.32 bits per heavy atom. The van der Waals surface area contributed by atoms with Crippen molar-refractivity contribution in [1.29, 1.82) is 0 Å². The largest absolute Gasteiger partial charge is 0.392 e. The molecule has 0 saturated heterocycles. The number of rotatable bonds is 5. The molecule has 0 fully saturated rings. The summed E-state index contributed by atoms with van der Waals surface area (Å²) in [5.41, 5.74) is 6.62. The normalized spacial score (nSPS) is 12.3. The third-order valence-electron chi connectivity index (χ3n) is 2.56. The monoisotopic (exact) mass is 338 g/mol. The molecule has 1 unspecified atom stereocenters. The summed E-state index contributed by atoms with van der Waals surface area (Å²) in [5.74, 6) is 1.14. The first-order chi connectivity index (χ1) is 9.13. The van der Waals surface area contributed by atoms with Gasteiger partial charge in [0.2, 0.25) is 0 Å². The molecule has 0 aliphatic carbocycles. The molecule has 100 valence electrons. The summed E-state index contributed by atoms with van der Waals surface area (Å²) in [4.78, 5) is 5.08.